The molecule has 2 amide bonds. The number of ketones is 1. The summed E-state index contributed by atoms with van der Waals surface area (Å²) in [5.74, 6) is -6.26. The molecule has 0 bridgehead atoms. The van der Waals surface area contributed by atoms with Crippen molar-refractivity contribution in [3.05, 3.63) is 74.1 Å². The Morgan fingerprint density at radius 3 is 1.77 bits per heavy atom. The first-order chi connectivity index (χ1) is 43.2. The maximum absolute atomic E-state index is 14.1. The number of benzene rings is 1. The Labute approximate surface area is 527 Å². The molecule has 3 aromatic heterocycles. The molecular formula is C56H73Cl2F10N11O12. The number of halogens is 12. The smallest absolute Gasteiger partial charge is 0.360 e. The number of nitrogens with zero attached hydrogens (tertiary/aromatic N) is 11. The summed E-state index contributed by atoms with van der Waals surface area (Å²) in [5, 5.41) is 31.9. The van der Waals surface area contributed by atoms with Crippen LogP contribution in [0.2, 0.25) is 5.02 Å². The van der Waals surface area contributed by atoms with Gasteiger partial charge in [-0.3, -0.25) is 24.0 Å². The van der Waals surface area contributed by atoms with Crippen LogP contribution >= 0.6 is 23.2 Å². The molecule has 508 valence electrons. The van der Waals surface area contributed by atoms with Crippen molar-refractivity contribution in [1.82, 2.24) is 54.8 Å². The van der Waals surface area contributed by atoms with Gasteiger partial charge >= 0.3 is 23.9 Å². The van der Waals surface area contributed by atoms with Gasteiger partial charge < -0.3 is 33.9 Å². The fourth-order valence-corrected chi connectivity index (χ4v) is 10.2. The fourth-order valence-electron chi connectivity index (χ4n) is 9.71. The van der Waals surface area contributed by atoms with E-state index in [9.17, 15) is 82.6 Å². The molecule has 23 nitrogen and oxygen atoms in total. The molecule has 7 rings (SSSR count). The monoisotopic (exact) mass is 1350 g/mol. The minimum Gasteiger partial charge on any atom is -0.487 e. The van der Waals surface area contributed by atoms with Crippen LogP contribution in [0.3, 0.4) is 0 Å². The van der Waals surface area contributed by atoms with Crippen molar-refractivity contribution in [2.75, 3.05) is 40.0 Å². The number of rotatable bonds is 24. The van der Waals surface area contributed by atoms with Crippen molar-refractivity contribution in [2.24, 2.45) is 11.8 Å². The maximum atomic E-state index is 14.1. The molecule has 35 heteroatoms. The molecule has 1 saturated heterocycles. The standard InChI is InChI=1S/C28H34ClF2N5O5.C9H14F2O2.C7H9F2N3O2.C6H8ClF2N3.C6H8F2O3/c1-2-36-25(26(30)31)20(32-33-36)15-41-22-10-9-19(29)18-11-13-35(21(24(18)22)14-34-12-5-8-23(34)37)27(38)16-6-3-4-7-17(16)28(39)40;1-3-5-7(9(10)11)6-8(12)13-4-2;1-3-12-5(6(8)9)4(10-11-12)7(13)14-2;1-2-12-5(6(8)9)4(3-7)10-11-12;1-2-11-5(10)3-4(9)6(7)8/h9-10,16-17,21,26H,2-8,11-15H2,1H3,(H,39,40);6,9H,3-5H2,1-2H3;6H,3H2,1-2H3;6H,2-3H2,1H3;6H,2-3H2,1H3/b;7-6+;;;/t16-,17+,21-;;;;/m1..../s1. The van der Waals surface area contributed by atoms with Crippen LogP contribution in [-0.2, 0) is 81.5 Å². The Hall–Kier alpha value is -7.45. The lowest BCUT2D eigenvalue weighted by molar-refractivity contribution is -0.154. The van der Waals surface area contributed by atoms with Gasteiger partial charge in [0, 0.05) is 67.9 Å². The largest absolute Gasteiger partial charge is 0.487 e. The van der Waals surface area contributed by atoms with Crippen LogP contribution in [0.1, 0.15) is 175 Å². The lowest BCUT2D eigenvalue weighted by atomic mass is 9.77. The number of carboxylic acid groups (broad SMARTS) is 1. The van der Waals surface area contributed by atoms with Gasteiger partial charge in [-0.15, -0.1) is 26.9 Å². The number of allylic oxidation sites excluding steroid dienone is 1. The second-order valence-corrected chi connectivity index (χ2v) is 20.4. The lowest BCUT2D eigenvalue weighted by Gasteiger charge is -2.43. The fraction of sp³-hybridized carbons (Fsp3) is 0.625. The number of likely N-dealkylation sites (tertiary alicyclic amines) is 1. The van der Waals surface area contributed by atoms with Crippen LogP contribution in [0.15, 0.2) is 23.8 Å². The molecule has 2 aliphatic heterocycles. The number of amides is 2. The van der Waals surface area contributed by atoms with Gasteiger partial charge in [0.1, 0.15) is 47.2 Å². The van der Waals surface area contributed by atoms with Crippen molar-refractivity contribution in [1.29, 1.82) is 0 Å². The highest BCUT2D eigenvalue weighted by molar-refractivity contribution is 6.31. The molecule has 91 heavy (non-hydrogen) atoms. The van der Waals surface area contributed by atoms with Crippen LogP contribution in [0, 0.1) is 11.8 Å². The zero-order valence-electron chi connectivity index (χ0n) is 50.9. The molecule has 4 aromatic rings. The number of Topliss-reactive ketones (excluding diaryl/α,β-unsaturated/α-hetero) is 1. The highest BCUT2D eigenvalue weighted by Crippen LogP contribution is 2.44. The summed E-state index contributed by atoms with van der Waals surface area (Å²) in [6.07, 6.45) is -8.95. The second-order valence-electron chi connectivity index (χ2n) is 19.7. The van der Waals surface area contributed by atoms with Crippen molar-refractivity contribution < 1.29 is 102 Å². The van der Waals surface area contributed by atoms with Gasteiger partial charge in [-0.05, 0) is 84.4 Å². The summed E-state index contributed by atoms with van der Waals surface area (Å²) in [6.45, 7) is 11.9. The number of fused-ring (bicyclic) bond motifs is 1. The van der Waals surface area contributed by atoms with E-state index >= 15 is 0 Å². The van der Waals surface area contributed by atoms with Gasteiger partial charge in [0.05, 0.1) is 44.1 Å². The number of hydrogen-bond donors (Lipinski definition) is 1. The molecule has 3 atom stereocenters. The Morgan fingerprint density at radius 1 is 0.714 bits per heavy atom. The third kappa shape index (κ3) is 22.4. The third-order valence-electron chi connectivity index (χ3n) is 14.0. The topological polar surface area (TPSA) is 275 Å². The number of carbonyl (C=O) groups excluding carboxylic acids is 6. The molecular weight excluding hydrogens is 1280 g/mol. The van der Waals surface area contributed by atoms with Crippen molar-refractivity contribution >= 4 is 64.7 Å². The van der Waals surface area contributed by atoms with Crippen molar-refractivity contribution in [3.8, 4) is 5.75 Å². The highest BCUT2D eigenvalue weighted by Gasteiger charge is 2.44. The van der Waals surface area contributed by atoms with Crippen molar-refractivity contribution in [2.45, 2.75) is 176 Å². The summed E-state index contributed by atoms with van der Waals surface area (Å²) in [5.41, 5.74) is -0.0309. The van der Waals surface area contributed by atoms with Gasteiger partial charge in [0.15, 0.2) is 5.69 Å². The Kier molecular flexibility index (Phi) is 33.4. The molecule has 1 aliphatic carbocycles. The number of alkyl halides is 11. The normalized spacial score (nSPS) is 16.2. The number of methoxy groups -OCH3 is 1. The molecule has 1 N–H and O–H groups in total. The van der Waals surface area contributed by atoms with E-state index in [0.717, 1.165) is 45.6 Å². The summed E-state index contributed by atoms with van der Waals surface area (Å²) >= 11 is 12.0. The number of ether oxygens (including phenoxy) is 4. The summed E-state index contributed by atoms with van der Waals surface area (Å²) in [7, 11) is 1.10. The van der Waals surface area contributed by atoms with E-state index in [1.165, 1.54) is 6.92 Å². The first-order valence-electron chi connectivity index (χ1n) is 28.8. The number of esters is 3. The van der Waals surface area contributed by atoms with Gasteiger partial charge in [0.2, 0.25) is 17.6 Å². The number of aromatic nitrogens is 9. The van der Waals surface area contributed by atoms with E-state index in [4.69, 9.17) is 27.9 Å². The Morgan fingerprint density at radius 2 is 1.27 bits per heavy atom. The first-order valence-corrected chi connectivity index (χ1v) is 29.8. The van der Waals surface area contributed by atoms with Gasteiger partial charge in [-0.1, -0.05) is 53.4 Å². The van der Waals surface area contributed by atoms with Crippen LogP contribution in [0.25, 0.3) is 0 Å². The Bertz CT molecular complexity index is 3040. The van der Waals surface area contributed by atoms with E-state index in [0.29, 0.717) is 74.5 Å². The number of carboxylic acids is 1. The summed E-state index contributed by atoms with van der Waals surface area (Å²) in [6, 6.07) is 2.67. The van der Waals surface area contributed by atoms with Crippen LogP contribution in [0.4, 0.5) is 43.9 Å². The van der Waals surface area contributed by atoms with Gasteiger partial charge in [0.25, 0.3) is 32.1 Å². The van der Waals surface area contributed by atoms with E-state index in [1.54, 1.807) is 56.6 Å². The molecule has 1 saturated carbocycles. The number of aliphatic carboxylic acids is 1. The molecule has 3 aliphatic rings. The lowest BCUT2D eigenvalue weighted by Crippen LogP contribution is -2.50. The maximum Gasteiger partial charge on any atom is 0.360 e. The Balaban J connectivity index is 0.000000352. The second kappa shape index (κ2) is 39.1. The number of hydrogen-bond acceptors (Lipinski definition) is 17. The highest BCUT2D eigenvalue weighted by atomic mass is 35.5. The van der Waals surface area contributed by atoms with Gasteiger partial charge in [-0.2, -0.15) is 0 Å². The summed E-state index contributed by atoms with van der Waals surface area (Å²) in [4.78, 5) is 84.5. The molecule has 5 heterocycles. The number of carbonyl (C=O) groups is 7. The molecule has 1 aromatic carbocycles. The number of aryl methyl sites for hydroxylation is 3. The average molecular weight is 1350 g/mol. The van der Waals surface area contributed by atoms with Crippen LogP contribution in [-0.4, -0.2) is 154 Å². The van der Waals surface area contributed by atoms with E-state index in [-0.39, 0.29) is 91.9 Å². The van der Waals surface area contributed by atoms with Crippen LogP contribution in [0.5, 0.6) is 5.75 Å². The summed E-state index contributed by atoms with van der Waals surface area (Å²) < 4.78 is 147. The van der Waals surface area contributed by atoms with E-state index in [1.807, 2.05) is 0 Å². The minimum absolute atomic E-state index is 0.00654. The molecule has 0 unspecified atom stereocenters. The predicted octanol–water partition coefficient (Wildman–Crippen LogP) is 10.7. The molecule has 0 radical (unpaired) electrons. The van der Waals surface area contributed by atoms with E-state index < -0.39 is 97.5 Å². The quantitative estimate of drug-likeness (QED) is 0.0170. The van der Waals surface area contributed by atoms with Crippen molar-refractivity contribution in [3.63, 3.8) is 0 Å². The first kappa shape index (κ1) is 77.8. The predicted molar refractivity (Wildman–Crippen MR) is 304 cm³/mol. The average Bonchev–Trinajstić information content (AvgIpc) is 1.42. The minimum atomic E-state index is -3.08. The SMILES string of the molecule is CCC/C(=C\C(=O)OCC)C(F)F.CCOC(=O)CC(=O)C(F)F.CCn1nnc(C(=O)OC)c1C(F)F.CCn1nnc(CCl)c1C(F)F.CCn1nnc(COc2ccc(Cl)c3c2[C@@H](CN2CCCC2=O)N(C(=O)[C@@H]2CCCC[C@@H]2C(=O)O)CC3)c1C(F)F. The van der Waals surface area contributed by atoms with Crippen LogP contribution < -0.4 is 4.74 Å². The third-order valence-corrected chi connectivity index (χ3v) is 14.6. The van der Waals surface area contributed by atoms with Gasteiger partial charge in [-0.25, -0.2) is 67.5 Å². The molecule has 0 spiro atoms. The van der Waals surface area contributed by atoms with E-state index in [2.05, 4.69) is 45.1 Å². The molecule has 2 fully saturated rings. The zero-order valence-corrected chi connectivity index (χ0v) is 52.4. The zero-order chi connectivity index (χ0) is 68.2.